The fraction of sp³-hybridized carbons (Fsp3) is 0.250. The minimum Gasteiger partial charge on any atom is -0.466 e. The van der Waals surface area contributed by atoms with Crippen LogP contribution < -0.4 is 26.3 Å². The first kappa shape index (κ1) is 77.6. The highest BCUT2D eigenvalue weighted by Gasteiger charge is 2.19. The Morgan fingerprint density at radius 3 is 1.25 bits per heavy atom. The highest BCUT2D eigenvalue weighted by molar-refractivity contribution is 7.10. The summed E-state index contributed by atoms with van der Waals surface area (Å²) in [6, 6.07) is 40.5. The number of pyridine rings is 4. The maximum atomic E-state index is 13.3. The maximum absolute atomic E-state index is 13.3. The van der Waals surface area contributed by atoms with E-state index in [-0.39, 0.29) is 35.1 Å². The quantitative estimate of drug-likeness (QED) is 0.0103. The number of hydrogen-bond donors (Lipinski definition) is 4. The molecule has 0 spiro atoms. The number of hydroxylamine groups is 1. The monoisotopic (exact) mass is 1480 g/mol. The van der Waals surface area contributed by atoms with E-state index < -0.39 is 0 Å². The first-order chi connectivity index (χ1) is 49.4. The number of unbranched alkanes of at least 4 members (excludes halogenated alkanes) is 6. The van der Waals surface area contributed by atoms with Crippen LogP contribution in [0.5, 0.6) is 0 Å². The number of hydrogen-bond acceptors (Lipinski definition) is 24. The molecule has 21 nitrogen and oxygen atoms in total. The predicted octanol–water partition coefficient (Wildman–Crippen LogP) is 18.1. The summed E-state index contributed by atoms with van der Waals surface area (Å²) in [5.41, 5.74) is 14.4. The van der Waals surface area contributed by atoms with E-state index in [2.05, 4.69) is 67.6 Å². The Balaban J connectivity index is 0.000000172. The number of carbonyl (C=O) groups is 2. The zero-order chi connectivity index (χ0) is 72.6. The maximum Gasteiger partial charge on any atom is 0.305 e. The van der Waals surface area contributed by atoms with Crippen LogP contribution in [0.25, 0.3) is 44.5 Å². The molecular formula is C72H74ClF4N17O4S4. The van der Waals surface area contributed by atoms with Crippen molar-refractivity contribution in [3.8, 4) is 44.5 Å². The molecule has 0 radical (unpaired) electrons. The molecule has 4 aromatic carbocycles. The lowest BCUT2D eigenvalue weighted by molar-refractivity contribution is -0.143. The van der Waals surface area contributed by atoms with Crippen LogP contribution >= 0.6 is 57.7 Å². The van der Waals surface area contributed by atoms with E-state index >= 15 is 0 Å². The number of amides is 1. The van der Waals surface area contributed by atoms with Crippen molar-refractivity contribution in [2.24, 2.45) is 0 Å². The summed E-state index contributed by atoms with van der Waals surface area (Å²) in [6.45, 7) is 11.1. The Labute approximate surface area is 609 Å². The fourth-order valence-electron chi connectivity index (χ4n) is 9.59. The van der Waals surface area contributed by atoms with Crippen molar-refractivity contribution < 1.29 is 37.1 Å². The van der Waals surface area contributed by atoms with Crippen LogP contribution in [-0.2, 0) is 14.3 Å². The van der Waals surface area contributed by atoms with Crippen LogP contribution in [0.1, 0.15) is 94.4 Å². The molecule has 5 N–H and O–H groups in total. The van der Waals surface area contributed by atoms with E-state index in [0.717, 1.165) is 142 Å². The smallest absolute Gasteiger partial charge is 0.305 e. The second kappa shape index (κ2) is 40.9. The summed E-state index contributed by atoms with van der Waals surface area (Å²) >= 11 is 10.9. The molecule has 12 rings (SSSR count). The SMILES string of the molecule is CCOC(=O)CCCCCCN(c1cc(-c2ccc(F)cc2)ccn1)c1nc(C)ns1.Cc1nsc(N(CCCCCCC(=O)NO)c2cc(-c3ccc(F)cc3)ccn2)n1.Cc1nsc(N)n1.Cc1nsc(Nc2cc(-c3ccc(F)cc3)ccn2)n1.Fc1ccc(-c2ccnc(Cl)c2)cc1. The van der Waals surface area contributed by atoms with Crippen LogP contribution in [0.15, 0.2) is 170 Å². The normalized spacial score (nSPS) is 10.5. The molecule has 0 aliphatic carbocycles. The van der Waals surface area contributed by atoms with Gasteiger partial charge in [-0.05, 0) is 202 Å². The average molecular weight is 1480 g/mol. The number of halogens is 5. The molecule has 8 aromatic heterocycles. The number of nitrogen functional groups attached to an aromatic ring is 1. The summed E-state index contributed by atoms with van der Waals surface area (Å²) < 4.78 is 73.6. The molecule has 8 heterocycles. The van der Waals surface area contributed by atoms with Gasteiger partial charge in [0.2, 0.25) is 21.3 Å². The van der Waals surface area contributed by atoms with Crippen LogP contribution in [0.2, 0.25) is 5.15 Å². The largest absolute Gasteiger partial charge is 0.466 e. The van der Waals surface area contributed by atoms with E-state index in [4.69, 9.17) is 27.3 Å². The van der Waals surface area contributed by atoms with E-state index in [1.165, 1.54) is 94.7 Å². The summed E-state index contributed by atoms with van der Waals surface area (Å²) in [5, 5.41) is 14.9. The van der Waals surface area contributed by atoms with Gasteiger partial charge in [-0.2, -0.15) is 17.5 Å². The number of aryl methyl sites for hydroxylation is 4. The molecule has 12 aromatic rings. The number of carbonyl (C=O) groups excluding carboxylic acids is 2. The number of anilines is 7. The van der Waals surface area contributed by atoms with E-state index in [1.54, 1.807) is 84.9 Å². The number of nitrogens with zero attached hydrogens (tertiary/aromatic N) is 14. The number of aromatic nitrogens is 12. The van der Waals surface area contributed by atoms with Crippen molar-refractivity contribution >= 4 is 108 Å². The molecule has 0 saturated heterocycles. The Bertz CT molecular complexity index is 4500. The van der Waals surface area contributed by atoms with Crippen molar-refractivity contribution in [3.63, 3.8) is 0 Å². The van der Waals surface area contributed by atoms with Crippen molar-refractivity contribution in [1.82, 2.24) is 62.8 Å². The van der Waals surface area contributed by atoms with E-state index in [9.17, 15) is 27.2 Å². The zero-order valence-electron chi connectivity index (χ0n) is 56.4. The predicted molar refractivity (Wildman–Crippen MR) is 397 cm³/mol. The minimum absolute atomic E-state index is 0.129. The van der Waals surface area contributed by atoms with Crippen molar-refractivity contribution in [2.75, 3.05) is 40.5 Å². The van der Waals surface area contributed by atoms with Crippen LogP contribution in [0.3, 0.4) is 0 Å². The minimum atomic E-state index is -0.359. The molecule has 30 heteroatoms. The van der Waals surface area contributed by atoms with Gasteiger partial charge in [-0.3, -0.25) is 14.8 Å². The number of benzene rings is 4. The van der Waals surface area contributed by atoms with Gasteiger partial charge in [0, 0.05) is 96.8 Å². The van der Waals surface area contributed by atoms with E-state index in [1.807, 2.05) is 82.0 Å². The molecule has 0 aliphatic heterocycles. The summed E-state index contributed by atoms with van der Waals surface area (Å²) in [6.07, 6.45) is 14.8. The molecule has 0 aliphatic rings. The Morgan fingerprint density at radius 2 is 0.863 bits per heavy atom. The molecule has 0 fully saturated rings. The van der Waals surface area contributed by atoms with Crippen LogP contribution in [0.4, 0.5) is 55.5 Å². The molecule has 0 atom stereocenters. The summed E-state index contributed by atoms with van der Waals surface area (Å²) in [7, 11) is 0. The van der Waals surface area contributed by atoms with Crippen molar-refractivity contribution in [2.45, 2.75) is 98.8 Å². The molecule has 0 bridgehead atoms. The van der Waals surface area contributed by atoms with Crippen LogP contribution in [-0.4, -0.2) is 94.1 Å². The fourth-order valence-corrected chi connectivity index (χ4v) is 12.2. The Kier molecular flexibility index (Phi) is 31.1. The second-order valence-corrected chi connectivity index (χ2v) is 25.7. The van der Waals surface area contributed by atoms with Gasteiger partial charge in [0.1, 0.15) is 69.2 Å². The molecule has 102 heavy (non-hydrogen) atoms. The lowest BCUT2D eigenvalue weighted by Gasteiger charge is -2.21. The van der Waals surface area contributed by atoms with Crippen molar-refractivity contribution in [1.29, 1.82) is 0 Å². The number of ether oxygens (including phenoxy) is 1. The van der Waals surface area contributed by atoms with Gasteiger partial charge in [0.25, 0.3) is 0 Å². The third-order valence-electron chi connectivity index (χ3n) is 14.5. The van der Waals surface area contributed by atoms with Gasteiger partial charge in [-0.25, -0.2) is 62.9 Å². The van der Waals surface area contributed by atoms with E-state index in [0.29, 0.717) is 53.1 Å². The molecule has 0 saturated carbocycles. The summed E-state index contributed by atoms with van der Waals surface area (Å²) in [5.74, 6) is 3.65. The number of nitrogens with one attached hydrogen (secondary N) is 2. The molecule has 1 amide bonds. The summed E-state index contributed by atoms with van der Waals surface area (Å²) in [4.78, 5) is 60.9. The molecular weight excluding hydrogens is 1410 g/mol. The van der Waals surface area contributed by atoms with Gasteiger partial charge < -0.3 is 25.6 Å². The van der Waals surface area contributed by atoms with Crippen LogP contribution in [0, 0.1) is 51.0 Å². The zero-order valence-corrected chi connectivity index (χ0v) is 60.4. The van der Waals surface area contributed by atoms with Crippen molar-refractivity contribution in [3.05, 3.63) is 222 Å². The lowest BCUT2D eigenvalue weighted by Crippen LogP contribution is -2.20. The number of esters is 1. The first-order valence-corrected chi connectivity index (χ1v) is 35.8. The number of rotatable bonds is 25. The second-order valence-electron chi connectivity index (χ2n) is 22.3. The standard InChI is InChI=1S/C23H27FN4O2S.C21H24FN5O2S.C14H11FN4S.C11H7ClFN.C3H5N3S/c1-3-30-22(29)8-6-4-5-7-15-28(23-26-17(2)27-31-23)21-16-19(13-14-25-21)18-9-11-20(24)12-10-18;1-15-24-21(30-26-15)27(13-5-3-2-4-6-20(28)25-29)19-14-17(11-12-23-19)16-7-9-18(22)10-8-16;1-9-17-14(20-19-9)18-13-8-11(6-7-16-13)10-2-4-12(15)5-3-10;12-11-7-9(5-6-14-11)8-1-3-10(13)4-2-8;1-2-5-3(4)7-6-2/h9-14,16H,3-8,15H2,1-2H3;7-12,14,29H,2-6,13H2,1H3,(H,25,28);2-8H,1H3,(H,16,17,18,19);1-7H;1H3,(H2,4,5,6). The first-order valence-electron chi connectivity index (χ1n) is 32.3. The van der Waals surface area contributed by atoms with Gasteiger partial charge >= 0.3 is 5.97 Å². The Morgan fingerprint density at radius 1 is 0.471 bits per heavy atom. The lowest BCUT2D eigenvalue weighted by atomic mass is 10.1. The third-order valence-corrected chi connectivity index (χ3v) is 17.7. The molecule has 0 unspecified atom stereocenters. The highest BCUT2D eigenvalue weighted by atomic mass is 35.5. The van der Waals surface area contributed by atoms with Gasteiger partial charge in [0.05, 0.1) is 6.61 Å². The topological polar surface area (TPSA) is 275 Å². The Hall–Kier alpha value is -10.2. The van der Waals surface area contributed by atoms with Gasteiger partial charge in [0.15, 0.2) is 5.13 Å². The van der Waals surface area contributed by atoms with Gasteiger partial charge in [-0.1, -0.05) is 85.8 Å². The average Bonchev–Trinajstić information content (AvgIpc) is 1.39. The number of nitrogens with two attached hydrogens (primary N) is 1. The molecule has 530 valence electrons. The third kappa shape index (κ3) is 26.1. The van der Waals surface area contributed by atoms with Gasteiger partial charge in [-0.15, -0.1) is 0 Å². The highest BCUT2D eigenvalue weighted by Crippen LogP contribution is 2.33.